The Bertz CT molecular complexity index is 1410. The molecule has 0 aliphatic heterocycles. The maximum atomic E-state index is 12.5. The molecular weight excluding hydrogens is 442 g/mol. The van der Waals surface area contributed by atoms with Crippen LogP contribution < -0.4 is 22.1 Å². The summed E-state index contributed by atoms with van der Waals surface area (Å²) in [4.78, 5) is 32.8. The number of anilines is 2. The van der Waals surface area contributed by atoms with E-state index in [0.29, 0.717) is 39.8 Å². The van der Waals surface area contributed by atoms with E-state index in [1.165, 1.54) is 0 Å². The lowest BCUT2D eigenvalue weighted by Crippen LogP contribution is -2.25. The van der Waals surface area contributed by atoms with Crippen LogP contribution in [-0.4, -0.2) is 38.8 Å². The van der Waals surface area contributed by atoms with Crippen LogP contribution in [0.25, 0.3) is 27.9 Å². The quantitative estimate of drug-likeness (QED) is 0.310. The molecule has 2 heterocycles. The summed E-state index contributed by atoms with van der Waals surface area (Å²) in [6.07, 6.45) is 3.90. The van der Waals surface area contributed by atoms with Crippen molar-refractivity contribution < 1.29 is 9.59 Å². The Morgan fingerprint density at radius 3 is 2.73 bits per heavy atom. The number of fused-ring (bicyclic) bond motifs is 3. The summed E-state index contributed by atoms with van der Waals surface area (Å²) in [5.41, 5.74) is 15.9. The van der Waals surface area contributed by atoms with E-state index in [4.69, 9.17) is 23.1 Å². The van der Waals surface area contributed by atoms with E-state index in [1.807, 2.05) is 16.5 Å². The Morgan fingerprint density at radius 1 is 1.18 bits per heavy atom. The van der Waals surface area contributed by atoms with E-state index < -0.39 is 5.91 Å². The number of benzene rings is 2. The Labute approximate surface area is 194 Å². The second kappa shape index (κ2) is 8.25. The van der Waals surface area contributed by atoms with Gasteiger partial charge in [0.2, 0.25) is 5.91 Å². The van der Waals surface area contributed by atoms with Gasteiger partial charge >= 0.3 is 0 Å². The number of nitrogens with zero attached hydrogens (tertiary/aromatic N) is 3. The molecule has 9 nitrogen and oxygen atoms in total. The number of carbonyl (C=O) groups is 2. The monoisotopic (exact) mass is 463 g/mol. The van der Waals surface area contributed by atoms with Crippen molar-refractivity contribution in [1.82, 2.24) is 19.7 Å². The molecule has 0 spiro atoms. The number of carbonyl (C=O) groups excluding carboxylic acids is 2. The molecule has 0 radical (unpaired) electrons. The third-order valence-corrected chi connectivity index (χ3v) is 5.84. The molecular formula is C23H22ClN7O2. The van der Waals surface area contributed by atoms with Gasteiger partial charge in [-0.2, -0.15) is 0 Å². The summed E-state index contributed by atoms with van der Waals surface area (Å²) in [6, 6.07) is 11.0. The summed E-state index contributed by atoms with van der Waals surface area (Å²) in [5.74, 6) is -0.0709. The first-order valence-electron chi connectivity index (χ1n) is 10.6. The smallest absolute Gasteiger partial charge is 0.253 e. The zero-order valence-corrected chi connectivity index (χ0v) is 18.4. The first-order valence-corrected chi connectivity index (χ1v) is 11.0. The van der Waals surface area contributed by atoms with Crippen LogP contribution in [0.4, 0.5) is 11.5 Å². The largest absolute Gasteiger partial charge is 0.399 e. The van der Waals surface area contributed by atoms with Gasteiger partial charge in [0.25, 0.3) is 5.91 Å². The highest BCUT2D eigenvalue weighted by atomic mass is 35.5. The lowest BCUT2D eigenvalue weighted by atomic mass is 10.1. The van der Waals surface area contributed by atoms with Crippen LogP contribution in [0.1, 0.15) is 29.6 Å². The van der Waals surface area contributed by atoms with Gasteiger partial charge in [-0.3, -0.25) is 14.0 Å². The first kappa shape index (κ1) is 21.0. The van der Waals surface area contributed by atoms with Crippen LogP contribution in [-0.2, 0) is 4.79 Å². The van der Waals surface area contributed by atoms with Gasteiger partial charge in [0, 0.05) is 30.3 Å². The molecule has 4 aromatic rings. The second-order valence-corrected chi connectivity index (χ2v) is 8.50. The summed E-state index contributed by atoms with van der Waals surface area (Å²) in [7, 11) is 0. The van der Waals surface area contributed by atoms with Crippen LogP contribution in [0.15, 0.2) is 42.6 Å². The fourth-order valence-corrected chi connectivity index (χ4v) is 3.99. The minimum Gasteiger partial charge on any atom is -0.399 e. The topological polar surface area (TPSA) is 140 Å². The van der Waals surface area contributed by atoms with E-state index in [0.717, 1.165) is 29.6 Å². The molecule has 0 atom stereocenters. The van der Waals surface area contributed by atoms with Gasteiger partial charge < -0.3 is 22.1 Å². The van der Waals surface area contributed by atoms with Gasteiger partial charge in [-0.05, 0) is 43.2 Å². The van der Waals surface area contributed by atoms with Crippen LogP contribution in [0.2, 0.25) is 5.02 Å². The molecule has 168 valence electrons. The van der Waals surface area contributed by atoms with Crippen molar-refractivity contribution in [3.63, 3.8) is 0 Å². The normalized spacial score (nSPS) is 13.4. The predicted molar refractivity (Wildman–Crippen MR) is 128 cm³/mol. The molecule has 1 aliphatic carbocycles. The number of nitrogens with one attached hydrogen (secondary N) is 2. The van der Waals surface area contributed by atoms with Crippen molar-refractivity contribution in [3.8, 4) is 11.3 Å². The minimum atomic E-state index is -0.409. The van der Waals surface area contributed by atoms with E-state index in [-0.39, 0.29) is 18.4 Å². The van der Waals surface area contributed by atoms with Crippen molar-refractivity contribution in [3.05, 3.63) is 53.2 Å². The van der Waals surface area contributed by atoms with Gasteiger partial charge in [-0.15, -0.1) is 0 Å². The summed E-state index contributed by atoms with van der Waals surface area (Å²) < 4.78 is 1.95. The molecule has 2 aromatic carbocycles. The molecule has 5 rings (SSSR count). The summed E-state index contributed by atoms with van der Waals surface area (Å²) in [6.45, 7) is 0.324. The van der Waals surface area contributed by atoms with Gasteiger partial charge in [0.05, 0.1) is 33.5 Å². The number of imidazole rings is 1. The SMILES string of the molecule is NC(=O)CCNc1nc2cc(N)ccc2n2c(-c3ccc(C(=O)NC4CC4)c(Cl)c3)cnc12. The van der Waals surface area contributed by atoms with Gasteiger partial charge in [0.1, 0.15) is 0 Å². The highest BCUT2D eigenvalue weighted by Gasteiger charge is 2.25. The number of aromatic nitrogens is 3. The molecule has 10 heteroatoms. The molecule has 1 saturated carbocycles. The average molecular weight is 464 g/mol. The van der Waals surface area contributed by atoms with Crippen molar-refractivity contribution in [2.45, 2.75) is 25.3 Å². The minimum absolute atomic E-state index is 0.163. The number of rotatable bonds is 7. The lowest BCUT2D eigenvalue weighted by Gasteiger charge is -2.12. The molecule has 6 N–H and O–H groups in total. The van der Waals surface area contributed by atoms with Crippen LogP contribution in [0.3, 0.4) is 0 Å². The van der Waals surface area contributed by atoms with E-state index in [9.17, 15) is 9.59 Å². The first-order chi connectivity index (χ1) is 15.9. The summed E-state index contributed by atoms with van der Waals surface area (Å²) in [5, 5.41) is 6.46. The molecule has 0 bridgehead atoms. The maximum absolute atomic E-state index is 12.5. The second-order valence-electron chi connectivity index (χ2n) is 8.10. The van der Waals surface area contributed by atoms with Crippen molar-refractivity contribution in [2.75, 3.05) is 17.6 Å². The highest BCUT2D eigenvalue weighted by Crippen LogP contribution is 2.32. The standard InChI is InChI=1S/C23H22ClN7O2/c24-16-9-12(1-5-15(16)23(33)29-14-3-4-14)19-11-28-22-21(27-8-7-20(26)32)30-17-10-13(25)2-6-18(17)31(19)22/h1-2,5-6,9-11,14H,3-4,7-8,25H2,(H2,26,32)(H,27,30)(H,29,33). The zero-order valence-electron chi connectivity index (χ0n) is 17.6. The van der Waals surface area contributed by atoms with Crippen molar-refractivity contribution >= 4 is 51.6 Å². The molecule has 1 aliphatic rings. The number of hydrogen-bond acceptors (Lipinski definition) is 6. The number of primary amides is 1. The predicted octanol–water partition coefficient (Wildman–Crippen LogP) is 2.96. The molecule has 33 heavy (non-hydrogen) atoms. The van der Waals surface area contributed by atoms with E-state index in [2.05, 4.69) is 20.6 Å². The number of nitrogens with two attached hydrogens (primary N) is 2. The highest BCUT2D eigenvalue weighted by molar-refractivity contribution is 6.34. The van der Waals surface area contributed by atoms with Gasteiger partial charge in [-0.25, -0.2) is 9.97 Å². The molecule has 2 amide bonds. The van der Waals surface area contributed by atoms with Crippen LogP contribution >= 0.6 is 11.6 Å². The van der Waals surface area contributed by atoms with Gasteiger partial charge in [-0.1, -0.05) is 17.7 Å². The fraction of sp³-hybridized carbons (Fsp3) is 0.217. The lowest BCUT2D eigenvalue weighted by molar-refractivity contribution is -0.117. The maximum Gasteiger partial charge on any atom is 0.253 e. The zero-order chi connectivity index (χ0) is 23.1. The van der Waals surface area contributed by atoms with E-state index in [1.54, 1.807) is 30.5 Å². The van der Waals surface area contributed by atoms with E-state index >= 15 is 0 Å². The molecule has 0 saturated heterocycles. The Balaban J connectivity index is 1.60. The third-order valence-electron chi connectivity index (χ3n) is 5.53. The Kier molecular flexibility index (Phi) is 5.26. The average Bonchev–Trinajstić information content (AvgIpc) is 3.47. The number of nitrogen functional groups attached to an aromatic ring is 1. The fourth-order valence-electron chi connectivity index (χ4n) is 3.73. The third kappa shape index (κ3) is 4.14. The van der Waals surface area contributed by atoms with Crippen LogP contribution in [0.5, 0.6) is 0 Å². The molecule has 0 unspecified atom stereocenters. The molecule has 2 aromatic heterocycles. The van der Waals surface area contributed by atoms with Gasteiger partial charge in [0.15, 0.2) is 11.5 Å². The van der Waals surface area contributed by atoms with Crippen LogP contribution in [0, 0.1) is 0 Å². The number of halogens is 1. The number of amides is 2. The van der Waals surface area contributed by atoms with Crippen molar-refractivity contribution in [1.29, 1.82) is 0 Å². The Morgan fingerprint density at radius 2 is 2.00 bits per heavy atom. The molecule has 1 fully saturated rings. The summed E-state index contributed by atoms with van der Waals surface area (Å²) >= 11 is 6.49. The Hall–Kier alpha value is -3.85. The van der Waals surface area contributed by atoms with Crippen molar-refractivity contribution in [2.24, 2.45) is 5.73 Å². The number of hydrogen-bond donors (Lipinski definition) is 4.